The Hall–Kier alpha value is -0.820. The molecule has 1 rings (SSSR count). The predicted octanol–water partition coefficient (Wildman–Crippen LogP) is 3.31. The second-order valence-electron chi connectivity index (χ2n) is 4.01. The summed E-state index contributed by atoms with van der Waals surface area (Å²) in [4.78, 5) is 0. The van der Waals surface area contributed by atoms with E-state index in [1.54, 1.807) is 0 Å². The summed E-state index contributed by atoms with van der Waals surface area (Å²) in [5.41, 5.74) is 7.49. The monoisotopic (exact) mass is 191 g/mol. The van der Waals surface area contributed by atoms with Gasteiger partial charge in [0.2, 0.25) is 0 Å². The van der Waals surface area contributed by atoms with Gasteiger partial charge in [-0.25, -0.2) is 0 Å². The summed E-state index contributed by atoms with van der Waals surface area (Å²) in [7, 11) is 0. The molecule has 0 aliphatic carbocycles. The fourth-order valence-corrected chi connectivity index (χ4v) is 1.69. The lowest BCUT2D eigenvalue weighted by molar-refractivity contribution is 0.507. The van der Waals surface area contributed by atoms with Crippen LogP contribution in [-0.4, -0.2) is 6.04 Å². The number of unbranched alkanes of at least 4 members (excludes halogenated alkanes) is 1. The molecule has 2 N–H and O–H groups in total. The van der Waals surface area contributed by atoms with Crippen LogP contribution >= 0.6 is 0 Å². The van der Waals surface area contributed by atoms with Gasteiger partial charge in [0, 0.05) is 6.04 Å². The van der Waals surface area contributed by atoms with Crippen LogP contribution in [0.5, 0.6) is 0 Å². The second-order valence-corrected chi connectivity index (χ2v) is 4.01. The van der Waals surface area contributed by atoms with Crippen molar-refractivity contribution in [3.05, 3.63) is 35.9 Å². The zero-order chi connectivity index (χ0) is 10.4. The first kappa shape index (κ1) is 11.3. The standard InChI is InChI=1S/C13H21N/c1-3-4-10-13(14)11(2)12-8-6-5-7-9-12/h5-9,11,13H,3-4,10,14H2,1-2H3. The van der Waals surface area contributed by atoms with E-state index < -0.39 is 0 Å². The molecule has 0 spiro atoms. The minimum absolute atomic E-state index is 0.303. The van der Waals surface area contributed by atoms with Gasteiger partial charge in [0.15, 0.2) is 0 Å². The van der Waals surface area contributed by atoms with E-state index in [4.69, 9.17) is 5.73 Å². The molecule has 0 fully saturated rings. The van der Waals surface area contributed by atoms with E-state index >= 15 is 0 Å². The molecule has 0 radical (unpaired) electrons. The largest absolute Gasteiger partial charge is 0.327 e. The zero-order valence-electron chi connectivity index (χ0n) is 9.24. The van der Waals surface area contributed by atoms with Crippen molar-refractivity contribution in [2.75, 3.05) is 0 Å². The average molecular weight is 191 g/mol. The van der Waals surface area contributed by atoms with Crippen molar-refractivity contribution in [2.24, 2.45) is 5.73 Å². The minimum Gasteiger partial charge on any atom is -0.327 e. The fourth-order valence-electron chi connectivity index (χ4n) is 1.69. The molecule has 1 aromatic carbocycles. The SMILES string of the molecule is CCCCC(N)C(C)c1ccccc1. The molecule has 1 nitrogen and oxygen atoms in total. The number of hydrogen-bond acceptors (Lipinski definition) is 1. The summed E-state index contributed by atoms with van der Waals surface area (Å²) in [6.45, 7) is 4.43. The molecular weight excluding hydrogens is 170 g/mol. The highest BCUT2D eigenvalue weighted by molar-refractivity contribution is 5.20. The normalized spacial score (nSPS) is 15.1. The number of rotatable bonds is 5. The van der Waals surface area contributed by atoms with Crippen molar-refractivity contribution < 1.29 is 0 Å². The summed E-state index contributed by atoms with van der Waals surface area (Å²) >= 11 is 0. The van der Waals surface area contributed by atoms with Crippen LogP contribution in [0.2, 0.25) is 0 Å². The highest BCUT2D eigenvalue weighted by Crippen LogP contribution is 2.20. The first-order chi connectivity index (χ1) is 6.75. The van der Waals surface area contributed by atoms with E-state index in [-0.39, 0.29) is 0 Å². The molecule has 2 unspecified atom stereocenters. The summed E-state index contributed by atoms with van der Waals surface area (Å²) in [5, 5.41) is 0. The van der Waals surface area contributed by atoms with E-state index in [9.17, 15) is 0 Å². The van der Waals surface area contributed by atoms with Crippen LogP contribution in [-0.2, 0) is 0 Å². The molecule has 1 aromatic rings. The van der Waals surface area contributed by atoms with Gasteiger partial charge in [-0.3, -0.25) is 0 Å². The van der Waals surface area contributed by atoms with Gasteiger partial charge in [0.05, 0.1) is 0 Å². The smallest absolute Gasteiger partial charge is 0.0105 e. The Labute approximate surface area is 87.3 Å². The molecular formula is C13H21N. The van der Waals surface area contributed by atoms with Crippen molar-refractivity contribution in [1.29, 1.82) is 0 Å². The average Bonchev–Trinajstić information content (AvgIpc) is 2.26. The third-order valence-corrected chi connectivity index (χ3v) is 2.86. The van der Waals surface area contributed by atoms with Crippen LogP contribution in [0.1, 0.15) is 44.6 Å². The number of benzene rings is 1. The fraction of sp³-hybridized carbons (Fsp3) is 0.538. The minimum atomic E-state index is 0.303. The molecule has 0 heterocycles. The number of hydrogen-bond donors (Lipinski definition) is 1. The summed E-state index contributed by atoms with van der Waals surface area (Å²) in [6, 6.07) is 10.8. The van der Waals surface area contributed by atoms with Gasteiger partial charge in [-0.1, -0.05) is 57.0 Å². The van der Waals surface area contributed by atoms with E-state index in [0.717, 1.165) is 6.42 Å². The third kappa shape index (κ3) is 3.15. The van der Waals surface area contributed by atoms with Crippen LogP contribution in [0.15, 0.2) is 30.3 Å². The molecule has 0 saturated carbocycles. The number of nitrogens with two attached hydrogens (primary N) is 1. The summed E-state index contributed by atoms with van der Waals surface area (Å²) in [5.74, 6) is 0.475. The van der Waals surface area contributed by atoms with Gasteiger partial charge >= 0.3 is 0 Å². The van der Waals surface area contributed by atoms with Gasteiger partial charge in [-0.15, -0.1) is 0 Å². The van der Waals surface area contributed by atoms with E-state index in [2.05, 4.69) is 38.1 Å². The van der Waals surface area contributed by atoms with Crippen LogP contribution in [0.3, 0.4) is 0 Å². The van der Waals surface area contributed by atoms with Gasteiger partial charge in [-0.2, -0.15) is 0 Å². The van der Waals surface area contributed by atoms with Gasteiger partial charge in [0.25, 0.3) is 0 Å². The summed E-state index contributed by atoms with van der Waals surface area (Å²) in [6.07, 6.45) is 3.60. The molecule has 0 amide bonds. The van der Waals surface area contributed by atoms with Gasteiger partial charge in [0.1, 0.15) is 0 Å². The van der Waals surface area contributed by atoms with Crippen LogP contribution < -0.4 is 5.73 Å². The highest BCUT2D eigenvalue weighted by atomic mass is 14.6. The molecule has 2 atom stereocenters. The summed E-state index contributed by atoms with van der Waals surface area (Å²) < 4.78 is 0. The molecule has 0 bridgehead atoms. The Kier molecular flexibility index (Phi) is 4.68. The van der Waals surface area contributed by atoms with Crippen LogP contribution in [0, 0.1) is 0 Å². The lowest BCUT2D eigenvalue weighted by atomic mass is 9.91. The van der Waals surface area contributed by atoms with E-state index in [0.29, 0.717) is 12.0 Å². The van der Waals surface area contributed by atoms with E-state index in [1.165, 1.54) is 18.4 Å². The van der Waals surface area contributed by atoms with Crippen LogP contribution in [0.25, 0.3) is 0 Å². The Bertz CT molecular complexity index is 243. The van der Waals surface area contributed by atoms with Crippen molar-refractivity contribution in [2.45, 2.75) is 45.1 Å². The van der Waals surface area contributed by atoms with Crippen molar-refractivity contribution in [1.82, 2.24) is 0 Å². The maximum atomic E-state index is 6.14. The Morgan fingerprint density at radius 3 is 2.43 bits per heavy atom. The van der Waals surface area contributed by atoms with Crippen molar-refractivity contribution >= 4 is 0 Å². The molecule has 1 heteroatoms. The Balaban J connectivity index is 2.52. The maximum Gasteiger partial charge on any atom is 0.0105 e. The maximum absolute atomic E-state index is 6.14. The van der Waals surface area contributed by atoms with E-state index in [1.807, 2.05) is 6.07 Å². The van der Waals surface area contributed by atoms with Gasteiger partial charge in [-0.05, 0) is 17.9 Å². The van der Waals surface area contributed by atoms with Gasteiger partial charge < -0.3 is 5.73 Å². The first-order valence-corrected chi connectivity index (χ1v) is 5.56. The molecule has 0 aromatic heterocycles. The Morgan fingerprint density at radius 2 is 1.86 bits per heavy atom. The quantitative estimate of drug-likeness (QED) is 0.759. The molecule has 0 aliphatic rings. The zero-order valence-corrected chi connectivity index (χ0v) is 9.24. The topological polar surface area (TPSA) is 26.0 Å². The van der Waals surface area contributed by atoms with Crippen molar-refractivity contribution in [3.63, 3.8) is 0 Å². The molecule has 0 saturated heterocycles. The molecule has 0 aliphatic heterocycles. The third-order valence-electron chi connectivity index (χ3n) is 2.86. The second kappa shape index (κ2) is 5.82. The molecule has 78 valence electrons. The Morgan fingerprint density at radius 1 is 1.21 bits per heavy atom. The lowest BCUT2D eigenvalue weighted by Crippen LogP contribution is -2.26. The highest BCUT2D eigenvalue weighted by Gasteiger charge is 2.13. The first-order valence-electron chi connectivity index (χ1n) is 5.56. The van der Waals surface area contributed by atoms with Crippen LogP contribution in [0.4, 0.5) is 0 Å². The molecule has 14 heavy (non-hydrogen) atoms. The lowest BCUT2D eigenvalue weighted by Gasteiger charge is -2.19. The predicted molar refractivity (Wildman–Crippen MR) is 62.4 cm³/mol. The van der Waals surface area contributed by atoms with Crippen molar-refractivity contribution in [3.8, 4) is 0 Å².